The van der Waals surface area contributed by atoms with E-state index in [2.05, 4.69) is 17.4 Å². The monoisotopic (exact) mass is 280 g/mol. The molecule has 3 N–H and O–H groups in total. The Hall–Kier alpha value is -2.13. The summed E-state index contributed by atoms with van der Waals surface area (Å²) in [5, 5.41) is 2.99. The van der Waals surface area contributed by atoms with E-state index in [1.807, 2.05) is 30.3 Å². The van der Waals surface area contributed by atoms with Gasteiger partial charge in [0.25, 0.3) is 5.91 Å². The topological polar surface area (TPSA) is 55.1 Å². The molecule has 0 heterocycles. The van der Waals surface area contributed by atoms with Crippen LogP contribution < -0.4 is 11.1 Å². The van der Waals surface area contributed by atoms with Crippen LogP contribution in [0.5, 0.6) is 0 Å². The number of hydrogen-bond acceptors (Lipinski definition) is 2. The van der Waals surface area contributed by atoms with Crippen molar-refractivity contribution in [2.24, 2.45) is 5.73 Å². The number of fused-ring (bicyclic) bond motifs is 1. The molecular formula is C18H20N2O. The molecule has 0 saturated carbocycles. The molecule has 0 aliphatic heterocycles. The number of carbonyl (C=O) groups is 1. The molecule has 2 aromatic carbocycles. The minimum Gasteiger partial charge on any atom is -0.330 e. The van der Waals surface area contributed by atoms with E-state index >= 15 is 0 Å². The Balaban J connectivity index is 1.75. The maximum absolute atomic E-state index is 12.3. The van der Waals surface area contributed by atoms with Gasteiger partial charge in [0.15, 0.2) is 0 Å². The average molecular weight is 280 g/mol. The van der Waals surface area contributed by atoms with Gasteiger partial charge in [0.1, 0.15) is 0 Å². The molecule has 0 saturated heterocycles. The first kappa shape index (κ1) is 13.8. The first-order valence-corrected chi connectivity index (χ1v) is 7.48. The second-order valence-electron chi connectivity index (χ2n) is 5.53. The van der Waals surface area contributed by atoms with E-state index in [0.717, 1.165) is 30.5 Å². The van der Waals surface area contributed by atoms with Crippen LogP contribution in [-0.2, 0) is 19.3 Å². The van der Waals surface area contributed by atoms with E-state index in [1.165, 1.54) is 17.5 Å². The Labute approximate surface area is 125 Å². The quantitative estimate of drug-likeness (QED) is 0.904. The van der Waals surface area contributed by atoms with Crippen molar-refractivity contribution in [2.75, 3.05) is 11.9 Å². The van der Waals surface area contributed by atoms with Gasteiger partial charge in [-0.15, -0.1) is 0 Å². The lowest BCUT2D eigenvalue weighted by Gasteiger charge is -2.08. The van der Waals surface area contributed by atoms with Crippen molar-refractivity contribution in [3.05, 3.63) is 64.7 Å². The van der Waals surface area contributed by atoms with Crippen LogP contribution in [0.25, 0.3) is 0 Å². The van der Waals surface area contributed by atoms with Gasteiger partial charge in [-0.2, -0.15) is 0 Å². The Bertz CT molecular complexity index is 664. The largest absolute Gasteiger partial charge is 0.330 e. The van der Waals surface area contributed by atoms with Crippen LogP contribution >= 0.6 is 0 Å². The second-order valence-corrected chi connectivity index (χ2v) is 5.53. The highest BCUT2D eigenvalue weighted by atomic mass is 16.1. The third kappa shape index (κ3) is 3.14. The standard InChI is InChI=1S/C18H20N2O/c19-10-9-13-3-1-6-16(11-13)18(21)20-17-8-7-14-4-2-5-15(14)12-17/h1,3,6-8,11-12H,2,4-5,9-10,19H2,(H,20,21). The minimum absolute atomic E-state index is 0.0631. The fraction of sp³-hybridized carbons (Fsp3) is 0.278. The zero-order chi connectivity index (χ0) is 14.7. The Morgan fingerprint density at radius 2 is 1.95 bits per heavy atom. The summed E-state index contributed by atoms with van der Waals surface area (Å²) in [7, 11) is 0. The predicted octanol–water partition coefficient (Wildman–Crippen LogP) is 2.93. The number of rotatable bonds is 4. The lowest BCUT2D eigenvalue weighted by atomic mass is 10.1. The van der Waals surface area contributed by atoms with Gasteiger partial charge in [-0.3, -0.25) is 4.79 Å². The van der Waals surface area contributed by atoms with Crippen LogP contribution in [0.4, 0.5) is 5.69 Å². The molecule has 1 aliphatic carbocycles. The van der Waals surface area contributed by atoms with Crippen molar-refractivity contribution >= 4 is 11.6 Å². The highest BCUT2D eigenvalue weighted by Crippen LogP contribution is 2.25. The summed E-state index contributed by atoms with van der Waals surface area (Å²) in [6.45, 7) is 0.593. The number of benzene rings is 2. The van der Waals surface area contributed by atoms with Gasteiger partial charge >= 0.3 is 0 Å². The molecule has 0 spiro atoms. The van der Waals surface area contributed by atoms with Gasteiger partial charge in [-0.25, -0.2) is 0 Å². The first-order chi connectivity index (χ1) is 10.3. The molecule has 0 atom stereocenters. The third-order valence-electron chi connectivity index (χ3n) is 3.98. The second kappa shape index (κ2) is 6.10. The van der Waals surface area contributed by atoms with Gasteiger partial charge in [0.2, 0.25) is 0 Å². The van der Waals surface area contributed by atoms with Crippen molar-refractivity contribution in [2.45, 2.75) is 25.7 Å². The van der Waals surface area contributed by atoms with Crippen LogP contribution in [0.2, 0.25) is 0 Å². The van der Waals surface area contributed by atoms with Crippen molar-refractivity contribution in [3.8, 4) is 0 Å². The van der Waals surface area contributed by atoms with Gasteiger partial charge in [-0.1, -0.05) is 18.2 Å². The number of aryl methyl sites for hydroxylation is 2. The van der Waals surface area contributed by atoms with E-state index in [0.29, 0.717) is 12.1 Å². The van der Waals surface area contributed by atoms with Crippen LogP contribution in [0.3, 0.4) is 0 Å². The Morgan fingerprint density at radius 1 is 1.10 bits per heavy atom. The zero-order valence-corrected chi connectivity index (χ0v) is 12.1. The summed E-state index contributed by atoms with van der Waals surface area (Å²) in [5.41, 5.74) is 11.0. The first-order valence-electron chi connectivity index (χ1n) is 7.48. The SMILES string of the molecule is NCCc1cccc(C(=O)Nc2ccc3c(c2)CCC3)c1. The summed E-state index contributed by atoms with van der Waals surface area (Å²) in [5.74, 6) is -0.0631. The van der Waals surface area contributed by atoms with E-state index in [4.69, 9.17) is 5.73 Å². The molecule has 0 radical (unpaired) electrons. The number of nitrogens with one attached hydrogen (secondary N) is 1. The van der Waals surface area contributed by atoms with E-state index in [-0.39, 0.29) is 5.91 Å². The Morgan fingerprint density at radius 3 is 2.81 bits per heavy atom. The maximum atomic E-state index is 12.3. The van der Waals surface area contributed by atoms with Crippen molar-refractivity contribution in [3.63, 3.8) is 0 Å². The average Bonchev–Trinajstić information content (AvgIpc) is 2.95. The highest BCUT2D eigenvalue weighted by Gasteiger charge is 2.12. The third-order valence-corrected chi connectivity index (χ3v) is 3.98. The van der Waals surface area contributed by atoms with Gasteiger partial charge in [0.05, 0.1) is 0 Å². The number of carbonyl (C=O) groups excluding carboxylic acids is 1. The number of nitrogens with two attached hydrogens (primary N) is 1. The van der Waals surface area contributed by atoms with Gasteiger partial charge in [0, 0.05) is 11.3 Å². The summed E-state index contributed by atoms with van der Waals surface area (Å²) in [6, 6.07) is 13.9. The maximum Gasteiger partial charge on any atom is 0.255 e. The molecule has 0 bridgehead atoms. The fourth-order valence-electron chi connectivity index (χ4n) is 2.89. The summed E-state index contributed by atoms with van der Waals surface area (Å²) in [4.78, 5) is 12.3. The van der Waals surface area contributed by atoms with Crippen LogP contribution in [0, 0.1) is 0 Å². The molecule has 3 heteroatoms. The predicted molar refractivity (Wildman–Crippen MR) is 85.6 cm³/mol. The van der Waals surface area contributed by atoms with Crippen molar-refractivity contribution in [1.29, 1.82) is 0 Å². The molecular weight excluding hydrogens is 260 g/mol. The van der Waals surface area contributed by atoms with E-state index in [1.54, 1.807) is 0 Å². The lowest BCUT2D eigenvalue weighted by molar-refractivity contribution is 0.102. The van der Waals surface area contributed by atoms with Crippen LogP contribution in [0.15, 0.2) is 42.5 Å². The molecule has 1 amide bonds. The van der Waals surface area contributed by atoms with Crippen molar-refractivity contribution < 1.29 is 4.79 Å². The van der Waals surface area contributed by atoms with Crippen LogP contribution in [-0.4, -0.2) is 12.5 Å². The number of anilines is 1. The minimum atomic E-state index is -0.0631. The van der Waals surface area contributed by atoms with Gasteiger partial charge < -0.3 is 11.1 Å². The summed E-state index contributed by atoms with van der Waals surface area (Å²) in [6.07, 6.45) is 4.28. The molecule has 21 heavy (non-hydrogen) atoms. The normalized spacial score (nSPS) is 13.0. The van der Waals surface area contributed by atoms with E-state index in [9.17, 15) is 4.79 Å². The smallest absolute Gasteiger partial charge is 0.255 e. The number of hydrogen-bond donors (Lipinski definition) is 2. The van der Waals surface area contributed by atoms with Crippen LogP contribution in [0.1, 0.15) is 33.5 Å². The molecule has 1 aliphatic rings. The van der Waals surface area contributed by atoms with Gasteiger partial charge in [-0.05, 0) is 73.2 Å². The lowest BCUT2D eigenvalue weighted by Crippen LogP contribution is -2.13. The summed E-state index contributed by atoms with van der Waals surface area (Å²) < 4.78 is 0. The molecule has 0 fully saturated rings. The van der Waals surface area contributed by atoms with E-state index < -0.39 is 0 Å². The summed E-state index contributed by atoms with van der Waals surface area (Å²) >= 11 is 0. The zero-order valence-electron chi connectivity index (χ0n) is 12.1. The highest BCUT2D eigenvalue weighted by molar-refractivity contribution is 6.04. The fourth-order valence-corrected chi connectivity index (χ4v) is 2.89. The molecule has 3 rings (SSSR count). The molecule has 3 nitrogen and oxygen atoms in total. The molecule has 2 aromatic rings. The number of amides is 1. The van der Waals surface area contributed by atoms with Crippen molar-refractivity contribution in [1.82, 2.24) is 0 Å². The molecule has 0 unspecified atom stereocenters. The Kier molecular flexibility index (Phi) is 4.02. The molecule has 0 aromatic heterocycles. The molecule has 108 valence electrons.